The van der Waals surface area contributed by atoms with Crippen LogP contribution in [0, 0.1) is 5.41 Å². The van der Waals surface area contributed by atoms with Crippen LogP contribution in [0.1, 0.15) is 34.1 Å². The summed E-state index contributed by atoms with van der Waals surface area (Å²) in [6, 6.07) is 0. The number of oxime groups is 1. The molecule has 0 fully saturated rings. The van der Waals surface area contributed by atoms with Crippen LogP contribution in [0.3, 0.4) is 0 Å². The van der Waals surface area contributed by atoms with Gasteiger partial charge in [0.15, 0.2) is 0 Å². The minimum Gasteiger partial charge on any atom is -0.411 e. The first-order valence-corrected chi connectivity index (χ1v) is 6.20. The van der Waals surface area contributed by atoms with Crippen molar-refractivity contribution in [3.63, 3.8) is 0 Å². The van der Waals surface area contributed by atoms with Gasteiger partial charge in [-0.3, -0.25) is 0 Å². The fourth-order valence-electron chi connectivity index (χ4n) is 1.48. The maximum atomic E-state index is 13.7. The highest BCUT2D eigenvalue weighted by atomic mass is 19.1. The molecule has 0 aromatic carbocycles. The molecule has 0 aromatic heterocycles. The van der Waals surface area contributed by atoms with E-state index in [4.69, 9.17) is 5.21 Å². The highest BCUT2D eigenvalue weighted by Gasteiger charge is 2.31. The molecule has 0 unspecified atom stereocenters. The topological polar surface area (TPSA) is 32.6 Å². The third-order valence-electron chi connectivity index (χ3n) is 2.76. The van der Waals surface area contributed by atoms with Gasteiger partial charge >= 0.3 is 6.99 Å². The third kappa shape index (κ3) is 5.85. The molecule has 2 nitrogen and oxygen atoms in total. The van der Waals surface area contributed by atoms with Crippen LogP contribution in [0.15, 0.2) is 41.5 Å². The predicted octanol–water partition coefficient (Wildman–Crippen LogP) is 4.44. The lowest BCUT2D eigenvalue weighted by molar-refractivity contribution is 0.311. The summed E-state index contributed by atoms with van der Waals surface area (Å²) >= 11 is 0. The van der Waals surface area contributed by atoms with Crippen molar-refractivity contribution in [1.29, 1.82) is 0 Å². The summed E-state index contributed by atoms with van der Waals surface area (Å²) in [7, 11) is 0. The number of halogens is 1. The predicted molar refractivity (Wildman–Crippen MR) is 78.1 cm³/mol. The standard InChI is InChI=1S/C14H23BFNO/c1-6-7-8-9-10-13(17-18)14(4,5)11-15(16)12(2)3/h7-10,18H,2,6,11H2,1,3-5H3/b8-7-,10-9-,17-13-. The molecule has 0 rings (SSSR count). The second kappa shape index (κ2) is 7.91. The lowest BCUT2D eigenvalue weighted by atomic mass is 9.54. The Morgan fingerprint density at radius 2 is 2.06 bits per heavy atom. The number of rotatable bonds is 7. The molecule has 0 heterocycles. The van der Waals surface area contributed by atoms with E-state index in [-0.39, 0.29) is 6.32 Å². The molecule has 0 radical (unpaired) electrons. The van der Waals surface area contributed by atoms with Gasteiger partial charge in [-0.25, -0.2) is 0 Å². The number of hydrogen-bond acceptors (Lipinski definition) is 2. The van der Waals surface area contributed by atoms with Crippen LogP contribution in [0.5, 0.6) is 0 Å². The van der Waals surface area contributed by atoms with Gasteiger partial charge in [0.05, 0.1) is 5.71 Å². The van der Waals surface area contributed by atoms with E-state index in [2.05, 4.69) is 11.7 Å². The smallest absolute Gasteiger partial charge is 0.376 e. The highest BCUT2D eigenvalue weighted by Crippen LogP contribution is 2.28. The van der Waals surface area contributed by atoms with E-state index in [1.807, 2.05) is 32.9 Å². The summed E-state index contributed by atoms with van der Waals surface area (Å²) in [4.78, 5) is 0. The highest BCUT2D eigenvalue weighted by molar-refractivity contribution is 6.59. The van der Waals surface area contributed by atoms with Crippen molar-refractivity contribution in [2.45, 2.75) is 40.4 Å². The lowest BCUT2D eigenvalue weighted by Gasteiger charge is -2.24. The van der Waals surface area contributed by atoms with Crippen LogP contribution < -0.4 is 0 Å². The maximum absolute atomic E-state index is 13.7. The molecular formula is C14H23BFNO. The van der Waals surface area contributed by atoms with Gasteiger partial charge in [0, 0.05) is 5.41 Å². The van der Waals surface area contributed by atoms with Gasteiger partial charge in [0.25, 0.3) is 0 Å². The Labute approximate surface area is 110 Å². The number of allylic oxidation sites excluding steroid dienone is 5. The summed E-state index contributed by atoms with van der Waals surface area (Å²) in [6.45, 7) is 9.92. The van der Waals surface area contributed by atoms with Gasteiger partial charge in [0.2, 0.25) is 0 Å². The number of nitrogens with zero attached hydrogens (tertiary/aromatic N) is 1. The molecule has 0 aliphatic carbocycles. The average molecular weight is 251 g/mol. The van der Waals surface area contributed by atoms with E-state index in [1.54, 1.807) is 19.1 Å². The molecule has 1 N–H and O–H groups in total. The van der Waals surface area contributed by atoms with Crippen LogP contribution in [-0.2, 0) is 0 Å². The van der Waals surface area contributed by atoms with Crippen molar-refractivity contribution >= 4 is 12.7 Å². The van der Waals surface area contributed by atoms with Crippen molar-refractivity contribution in [2.75, 3.05) is 0 Å². The van der Waals surface area contributed by atoms with Crippen LogP contribution in [0.2, 0.25) is 6.32 Å². The molecule has 4 heteroatoms. The van der Waals surface area contributed by atoms with Crippen LogP contribution in [0.4, 0.5) is 4.32 Å². The SMILES string of the molecule is C=C(C)B(F)CC(C)(C)C(/C=C\C=C/CC)=N\O. The molecule has 0 aromatic rings. The molecule has 0 saturated carbocycles. The number of hydrogen-bond donors (Lipinski definition) is 1. The maximum Gasteiger partial charge on any atom is 0.376 e. The molecule has 100 valence electrons. The largest absolute Gasteiger partial charge is 0.411 e. The zero-order valence-corrected chi connectivity index (χ0v) is 11.8. The van der Waals surface area contributed by atoms with Gasteiger partial charge in [0.1, 0.15) is 0 Å². The van der Waals surface area contributed by atoms with Gasteiger partial charge in [-0.2, -0.15) is 0 Å². The zero-order chi connectivity index (χ0) is 14.2. The lowest BCUT2D eigenvalue weighted by Crippen LogP contribution is -2.28. The monoisotopic (exact) mass is 251 g/mol. The van der Waals surface area contributed by atoms with E-state index in [0.29, 0.717) is 11.2 Å². The third-order valence-corrected chi connectivity index (χ3v) is 2.76. The Balaban J connectivity index is 4.78. The summed E-state index contributed by atoms with van der Waals surface area (Å²) in [5, 5.41) is 12.3. The Kier molecular flexibility index (Phi) is 7.33. The first kappa shape index (κ1) is 16.7. The zero-order valence-electron chi connectivity index (χ0n) is 11.8. The summed E-state index contributed by atoms with van der Waals surface area (Å²) in [6.07, 6.45) is 8.58. The molecule has 18 heavy (non-hydrogen) atoms. The van der Waals surface area contributed by atoms with E-state index in [9.17, 15) is 4.32 Å². The van der Waals surface area contributed by atoms with Crippen LogP contribution in [0.25, 0.3) is 0 Å². The van der Waals surface area contributed by atoms with Gasteiger partial charge < -0.3 is 9.52 Å². The van der Waals surface area contributed by atoms with Crippen molar-refractivity contribution in [3.8, 4) is 0 Å². The first-order valence-electron chi connectivity index (χ1n) is 6.20. The molecule has 0 spiro atoms. The minimum atomic E-state index is -1.09. The second-order valence-corrected chi connectivity index (χ2v) is 5.08. The molecule has 0 amide bonds. The van der Waals surface area contributed by atoms with Crippen LogP contribution >= 0.6 is 0 Å². The van der Waals surface area contributed by atoms with Crippen molar-refractivity contribution in [1.82, 2.24) is 0 Å². The molecule has 0 saturated heterocycles. The molecule has 0 atom stereocenters. The Hall–Kier alpha value is -1.32. The van der Waals surface area contributed by atoms with Crippen molar-refractivity contribution < 1.29 is 9.52 Å². The molecule has 0 bridgehead atoms. The van der Waals surface area contributed by atoms with Crippen LogP contribution in [-0.4, -0.2) is 17.9 Å². The van der Waals surface area contributed by atoms with E-state index >= 15 is 0 Å². The van der Waals surface area contributed by atoms with Crippen molar-refractivity contribution in [2.24, 2.45) is 10.6 Å². The van der Waals surface area contributed by atoms with E-state index < -0.39 is 12.4 Å². The molecular weight excluding hydrogens is 228 g/mol. The second-order valence-electron chi connectivity index (χ2n) is 5.08. The Morgan fingerprint density at radius 1 is 1.44 bits per heavy atom. The quantitative estimate of drug-likeness (QED) is 0.234. The van der Waals surface area contributed by atoms with Gasteiger partial charge in [-0.15, -0.1) is 6.58 Å². The minimum absolute atomic E-state index is 0.254. The van der Waals surface area contributed by atoms with Gasteiger partial charge in [-0.1, -0.05) is 49.6 Å². The first-order chi connectivity index (χ1) is 8.35. The molecule has 0 aliphatic heterocycles. The summed E-state index contributed by atoms with van der Waals surface area (Å²) < 4.78 is 13.7. The Morgan fingerprint density at radius 3 is 2.50 bits per heavy atom. The van der Waals surface area contributed by atoms with Gasteiger partial charge in [-0.05, 0) is 25.7 Å². The normalized spacial score (nSPS) is 13.5. The molecule has 0 aliphatic rings. The summed E-state index contributed by atoms with van der Waals surface area (Å²) in [5.74, 6) is 0. The van der Waals surface area contributed by atoms with E-state index in [0.717, 1.165) is 6.42 Å². The van der Waals surface area contributed by atoms with E-state index in [1.165, 1.54) is 0 Å². The fourth-order valence-corrected chi connectivity index (χ4v) is 1.48. The fraction of sp³-hybridized carbons (Fsp3) is 0.500. The average Bonchev–Trinajstić information content (AvgIpc) is 2.28. The summed E-state index contributed by atoms with van der Waals surface area (Å²) in [5.41, 5.74) is 0.423. The van der Waals surface area contributed by atoms with Crippen molar-refractivity contribution in [3.05, 3.63) is 36.4 Å². The Bertz CT molecular complexity index is 359.